The largest absolute Gasteiger partial charge is 0.346 e. The molecule has 0 bridgehead atoms. The van der Waals surface area contributed by atoms with Gasteiger partial charge in [0.15, 0.2) is 0 Å². The van der Waals surface area contributed by atoms with Gasteiger partial charge in [-0.25, -0.2) is 4.98 Å². The predicted octanol–water partition coefficient (Wildman–Crippen LogP) is 5.82. The first-order chi connectivity index (χ1) is 16.8. The number of hydrogen-bond donors (Lipinski definition) is 2. The molecule has 2 atom stereocenters. The third kappa shape index (κ3) is 5.49. The topological polar surface area (TPSA) is 76.0 Å². The van der Waals surface area contributed by atoms with Crippen molar-refractivity contribution in [1.82, 2.24) is 20.2 Å². The Balaban J connectivity index is 1.54. The van der Waals surface area contributed by atoms with Gasteiger partial charge in [-0.15, -0.1) is 0 Å². The molecule has 6 nitrogen and oxygen atoms in total. The molecule has 4 aromatic rings. The van der Waals surface area contributed by atoms with Gasteiger partial charge in [-0.3, -0.25) is 14.2 Å². The van der Waals surface area contributed by atoms with Crippen molar-refractivity contribution in [3.05, 3.63) is 101 Å². The van der Waals surface area contributed by atoms with Gasteiger partial charge >= 0.3 is 6.55 Å². The van der Waals surface area contributed by atoms with Crippen molar-refractivity contribution in [1.29, 1.82) is 0 Å². The van der Waals surface area contributed by atoms with Crippen LogP contribution in [0.15, 0.2) is 78.9 Å². The minimum Gasteiger partial charge on any atom is -0.346 e. The first kappa shape index (κ1) is 24.3. The van der Waals surface area contributed by atoms with Crippen LogP contribution in [-0.4, -0.2) is 21.4 Å². The molecule has 1 aromatic heterocycles. The van der Waals surface area contributed by atoms with Gasteiger partial charge in [0.25, 0.3) is 5.91 Å². The summed E-state index contributed by atoms with van der Waals surface area (Å²) < 4.78 is 28.4. The second-order valence-corrected chi connectivity index (χ2v) is 8.42. The highest BCUT2D eigenvalue weighted by molar-refractivity contribution is 6.33. The average molecular weight is 497 g/mol. The minimum atomic E-state index is -2.82. The maximum Gasteiger partial charge on any atom is 0.320 e. The summed E-state index contributed by atoms with van der Waals surface area (Å²) >= 11 is 6.15. The maximum atomic E-state index is 13.8. The Morgan fingerprint density at radius 1 is 0.943 bits per heavy atom. The van der Waals surface area contributed by atoms with Crippen molar-refractivity contribution in [2.24, 2.45) is 0 Å². The van der Waals surface area contributed by atoms with Crippen LogP contribution in [0.2, 0.25) is 5.02 Å². The van der Waals surface area contributed by atoms with Crippen LogP contribution >= 0.6 is 11.6 Å². The molecule has 9 heteroatoms. The number of carbonyl (C=O) groups excluding carboxylic acids is 2. The Morgan fingerprint density at radius 3 is 2.31 bits per heavy atom. The van der Waals surface area contributed by atoms with Crippen LogP contribution in [0.4, 0.5) is 8.78 Å². The molecule has 0 aliphatic carbocycles. The van der Waals surface area contributed by atoms with Gasteiger partial charge in [-0.1, -0.05) is 66.2 Å². The predicted molar refractivity (Wildman–Crippen MR) is 130 cm³/mol. The van der Waals surface area contributed by atoms with Gasteiger partial charge in [-0.05, 0) is 36.8 Å². The maximum absolute atomic E-state index is 13.8. The molecule has 0 saturated heterocycles. The smallest absolute Gasteiger partial charge is 0.320 e. The molecule has 0 fully saturated rings. The highest BCUT2D eigenvalue weighted by atomic mass is 35.5. The lowest BCUT2D eigenvalue weighted by Crippen LogP contribution is -2.35. The standard InChI is InChI=1S/C26H23ClF2N4O2/c1-16(24-31-20-13-7-8-14-22(20)33(24)26(28)29)30-23(34)15-21(17-9-3-2-4-10-17)32-25(35)18-11-5-6-12-19(18)27/h2-14,16,21,26H,15H2,1H3,(H,30,34)(H,32,35)/t16-,21+/m0/s1. The number of alkyl halides is 2. The van der Waals surface area contributed by atoms with Crippen LogP contribution in [0.3, 0.4) is 0 Å². The van der Waals surface area contributed by atoms with E-state index in [1.165, 1.54) is 0 Å². The number of amides is 2. The Morgan fingerprint density at radius 2 is 1.60 bits per heavy atom. The van der Waals surface area contributed by atoms with Crippen molar-refractivity contribution in [3.63, 3.8) is 0 Å². The SMILES string of the molecule is C[C@H](NC(=O)C[C@@H](NC(=O)c1ccccc1Cl)c1ccccc1)c1nc2ccccc2n1C(F)F. The van der Waals surface area contributed by atoms with Crippen LogP contribution in [0.5, 0.6) is 0 Å². The van der Waals surface area contributed by atoms with E-state index < -0.39 is 30.4 Å². The molecule has 0 unspecified atom stereocenters. The lowest BCUT2D eigenvalue weighted by Gasteiger charge is -2.21. The zero-order chi connectivity index (χ0) is 24.9. The lowest BCUT2D eigenvalue weighted by atomic mass is 10.0. The molecule has 2 amide bonds. The molecular formula is C26H23ClF2N4O2. The highest BCUT2D eigenvalue weighted by Crippen LogP contribution is 2.27. The van der Waals surface area contributed by atoms with Crippen molar-refractivity contribution in [3.8, 4) is 0 Å². The van der Waals surface area contributed by atoms with E-state index in [9.17, 15) is 18.4 Å². The number of halogens is 3. The summed E-state index contributed by atoms with van der Waals surface area (Å²) in [5, 5.41) is 5.90. The highest BCUT2D eigenvalue weighted by Gasteiger charge is 2.25. The van der Waals surface area contributed by atoms with Gasteiger partial charge in [0.1, 0.15) is 5.82 Å². The normalized spacial score (nSPS) is 12.9. The molecule has 3 aromatic carbocycles. The zero-order valence-electron chi connectivity index (χ0n) is 18.8. The molecule has 0 aliphatic heterocycles. The molecule has 1 heterocycles. The van der Waals surface area contributed by atoms with E-state index in [2.05, 4.69) is 15.6 Å². The van der Waals surface area contributed by atoms with Crippen molar-refractivity contribution in [2.45, 2.75) is 32.0 Å². The summed E-state index contributed by atoms with van der Waals surface area (Å²) in [5.74, 6) is -0.811. The number of rotatable bonds is 8. The van der Waals surface area contributed by atoms with Gasteiger partial charge in [0, 0.05) is 0 Å². The summed E-state index contributed by atoms with van der Waals surface area (Å²) in [5.41, 5.74) is 1.70. The fourth-order valence-electron chi connectivity index (χ4n) is 3.94. The number of hydrogen-bond acceptors (Lipinski definition) is 3. The molecule has 180 valence electrons. The third-order valence-electron chi connectivity index (χ3n) is 5.60. The van der Waals surface area contributed by atoms with Gasteiger partial charge in [0.2, 0.25) is 5.91 Å². The number of fused-ring (bicyclic) bond motifs is 1. The van der Waals surface area contributed by atoms with E-state index >= 15 is 0 Å². The van der Waals surface area contributed by atoms with Crippen LogP contribution in [0.1, 0.15) is 53.7 Å². The molecule has 35 heavy (non-hydrogen) atoms. The number of para-hydroxylation sites is 2. The second-order valence-electron chi connectivity index (χ2n) is 8.02. The van der Waals surface area contributed by atoms with Gasteiger partial charge in [-0.2, -0.15) is 8.78 Å². The summed E-state index contributed by atoms with van der Waals surface area (Å²) in [6.45, 7) is -1.22. The van der Waals surface area contributed by atoms with Gasteiger partial charge < -0.3 is 10.6 Å². The first-order valence-corrected chi connectivity index (χ1v) is 11.4. The van der Waals surface area contributed by atoms with E-state index in [1.54, 1.807) is 79.7 Å². The molecule has 2 N–H and O–H groups in total. The summed E-state index contributed by atoms with van der Waals surface area (Å²) in [4.78, 5) is 30.2. The molecular weight excluding hydrogens is 474 g/mol. The van der Waals surface area contributed by atoms with Crippen molar-refractivity contribution in [2.75, 3.05) is 0 Å². The van der Waals surface area contributed by atoms with E-state index in [-0.39, 0.29) is 23.3 Å². The van der Waals surface area contributed by atoms with E-state index in [0.717, 1.165) is 10.1 Å². The molecule has 0 saturated carbocycles. The van der Waals surface area contributed by atoms with Crippen LogP contribution in [-0.2, 0) is 4.79 Å². The Bertz CT molecular complexity index is 1340. The molecule has 0 radical (unpaired) electrons. The minimum absolute atomic E-state index is 0.0471. The summed E-state index contributed by atoms with van der Waals surface area (Å²) in [6.07, 6.45) is -0.112. The fourth-order valence-corrected chi connectivity index (χ4v) is 4.16. The van der Waals surface area contributed by atoms with Crippen LogP contribution in [0.25, 0.3) is 11.0 Å². The van der Waals surface area contributed by atoms with E-state index in [0.29, 0.717) is 10.5 Å². The van der Waals surface area contributed by atoms with E-state index in [4.69, 9.17) is 11.6 Å². The summed E-state index contributed by atoms with van der Waals surface area (Å²) in [6, 6.07) is 20.7. The fraction of sp³-hybridized carbons (Fsp3) is 0.192. The first-order valence-electron chi connectivity index (χ1n) is 11.0. The summed E-state index contributed by atoms with van der Waals surface area (Å²) in [7, 11) is 0. The second kappa shape index (κ2) is 10.7. The Labute approximate surface area is 205 Å². The number of imidazole rings is 1. The molecule has 4 rings (SSSR count). The van der Waals surface area contributed by atoms with E-state index in [1.807, 2.05) is 6.07 Å². The van der Waals surface area contributed by atoms with Crippen LogP contribution in [0, 0.1) is 0 Å². The van der Waals surface area contributed by atoms with Crippen LogP contribution < -0.4 is 10.6 Å². The monoisotopic (exact) mass is 496 g/mol. The average Bonchev–Trinajstić information content (AvgIpc) is 3.24. The molecule has 0 spiro atoms. The number of aromatic nitrogens is 2. The lowest BCUT2D eigenvalue weighted by molar-refractivity contribution is -0.122. The number of carbonyl (C=O) groups is 2. The Hall–Kier alpha value is -3.78. The van der Waals surface area contributed by atoms with Gasteiger partial charge in [0.05, 0.1) is 40.1 Å². The number of nitrogens with zero attached hydrogens (tertiary/aromatic N) is 2. The third-order valence-corrected chi connectivity index (χ3v) is 5.93. The quantitative estimate of drug-likeness (QED) is 0.322. The Kier molecular flexibility index (Phi) is 7.41. The van der Waals surface area contributed by atoms with Crippen molar-refractivity contribution < 1.29 is 18.4 Å². The zero-order valence-corrected chi connectivity index (χ0v) is 19.5. The van der Waals surface area contributed by atoms with Crippen molar-refractivity contribution >= 4 is 34.4 Å². The number of benzene rings is 3. The number of nitrogens with one attached hydrogen (secondary N) is 2. The molecule has 0 aliphatic rings.